The molecule has 4 nitrogen and oxygen atoms in total. The first kappa shape index (κ1) is 11.3. The summed E-state index contributed by atoms with van der Waals surface area (Å²) in [6.45, 7) is 4.46. The molecule has 0 radical (unpaired) electrons. The monoisotopic (exact) mass is 226 g/mol. The average molecular weight is 226 g/mol. The van der Waals surface area contributed by atoms with Crippen LogP contribution in [-0.4, -0.2) is 14.8 Å². The predicted octanol–water partition coefficient (Wildman–Crippen LogP) is 2.07. The maximum Gasteiger partial charge on any atom is 0.137 e. The lowest BCUT2D eigenvalue weighted by atomic mass is 9.83. The van der Waals surface area contributed by atoms with Crippen LogP contribution in [0.2, 0.25) is 0 Å². The Bertz CT molecular complexity index is 522. The summed E-state index contributed by atoms with van der Waals surface area (Å²) in [5, 5.41) is 13.4. The average Bonchev–Trinajstić information content (AvgIpc) is 2.82. The van der Waals surface area contributed by atoms with E-state index >= 15 is 0 Å². The number of hydrogen-bond donors (Lipinski definition) is 0. The molecule has 0 bridgehead atoms. The number of hydrogen-bond acceptors (Lipinski definition) is 3. The standard InChI is InChI=1S/C13H14N4/c1-11-3-5-12(6-4-11)13(2,7-14)8-17-10-15-9-16-17/h3-6,9-10H,8H2,1-2H3. The zero-order valence-corrected chi connectivity index (χ0v) is 9.96. The summed E-state index contributed by atoms with van der Waals surface area (Å²) in [5.74, 6) is 0. The largest absolute Gasteiger partial charge is 0.251 e. The van der Waals surface area contributed by atoms with Crippen molar-refractivity contribution in [1.29, 1.82) is 5.26 Å². The van der Waals surface area contributed by atoms with Crippen LogP contribution in [0.4, 0.5) is 0 Å². The van der Waals surface area contributed by atoms with Crippen LogP contribution in [0.25, 0.3) is 0 Å². The van der Waals surface area contributed by atoms with Gasteiger partial charge in [0.2, 0.25) is 0 Å². The van der Waals surface area contributed by atoms with Gasteiger partial charge in [0.1, 0.15) is 12.7 Å². The molecule has 4 heteroatoms. The molecule has 1 aromatic heterocycles. The minimum atomic E-state index is -0.582. The van der Waals surface area contributed by atoms with Gasteiger partial charge in [0, 0.05) is 0 Å². The summed E-state index contributed by atoms with van der Waals surface area (Å²) in [5.41, 5.74) is 1.61. The van der Waals surface area contributed by atoms with E-state index in [2.05, 4.69) is 16.2 Å². The number of aryl methyl sites for hydroxylation is 1. The van der Waals surface area contributed by atoms with E-state index in [-0.39, 0.29) is 0 Å². The molecule has 2 rings (SSSR count). The van der Waals surface area contributed by atoms with Gasteiger partial charge in [0.25, 0.3) is 0 Å². The third-order valence-electron chi connectivity index (χ3n) is 2.88. The van der Waals surface area contributed by atoms with Crippen molar-refractivity contribution < 1.29 is 0 Å². The number of aromatic nitrogens is 3. The first-order chi connectivity index (χ1) is 8.14. The van der Waals surface area contributed by atoms with Gasteiger partial charge >= 0.3 is 0 Å². The molecule has 1 heterocycles. The Morgan fingerprint density at radius 1 is 1.35 bits per heavy atom. The van der Waals surface area contributed by atoms with Crippen molar-refractivity contribution in [1.82, 2.24) is 14.8 Å². The van der Waals surface area contributed by atoms with Gasteiger partial charge in [-0.15, -0.1) is 0 Å². The molecule has 0 aliphatic heterocycles. The van der Waals surface area contributed by atoms with Crippen molar-refractivity contribution in [3.63, 3.8) is 0 Å². The summed E-state index contributed by atoms with van der Waals surface area (Å²) >= 11 is 0. The van der Waals surface area contributed by atoms with E-state index in [4.69, 9.17) is 0 Å². The zero-order chi connectivity index (χ0) is 12.3. The molecule has 1 unspecified atom stereocenters. The number of rotatable bonds is 3. The highest BCUT2D eigenvalue weighted by atomic mass is 15.3. The van der Waals surface area contributed by atoms with Crippen LogP contribution in [0.5, 0.6) is 0 Å². The molecule has 0 N–H and O–H groups in total. The van der Waals surface area contributed by atoms with E-state index in [1.165, 1.54) is 11.9 Å². The van der Waals surface area contributed by atoms with Crippen LogP contribution < -0.4 is 0 Å². The van der Waals surface area contributed by atoms with Crippen molar-refractivity contribution in [3.8, 4) is 6.07 Å². The van der Waals surface area contributed by atoms with Crippen molar-refractivity contribution in [2.24, 2.45) is 0 Å². The maximum absolute atomic E-state index is 9.40. The minimum Gasteiger partial charge on any atom is -0.251 e. The minimum absolute atomic E-state index is 0.507. The Morgan fingerprint density at radius 3 is 2.59 bits per heavy atom. The molecule has 0 saturated carbocycles. The maximum atomic E-state index is 9.40. The van der Waals surface area contributed by atoms with Gasteiger partial charge in [-0.2, -0.15) is 10.4 Å². The second kappa shape index (κ2) is 4.38. The molecule has 86 valence electrons. The molecule has 1 atom stereocenters. The normalized spacial score (nSPS) is 13.9. The predicted molar refractivity (Wildman–Crippen MR) is 64.2 cm³/mol. The van der Waals surface area contributed by atoms with Crippen molar-refractivity contribution in [3.05, 3.63) is 48.0 Å². The quantitative estimate of drug-likeness (QED) is 0.805. The van der Waals surface area contributed by atoms with E-state index in [0.717, 1.165) is 5.56 Å². The highest BCUT2D eigenvalue weighted by molar-refractivity contribution is 5.33. The van der Waals surface area contributed by atoms with Crippen LogP contribution >= 0.6 is 0 Å². The van der Waals surface area contributed by atoms with Gasteiger partial charge in [-0.3, -0.25) is 4.68 Å². The molecule has 0 fully saturated rings. The van der Waals surface area contributed by atoms with Crippen molar-refractivity contribution in [2.45, 2.75) is 25.8 Å². The molecule has 2 aromatic rings. The molecule has 0 aliphatic carbocycles. The molecular weight excluding hydrogens is 212 g/mol. The second-order valence-corrected chi connectivity index (χ2v) is 4.40. The van der Waals surface area contributed by atoms with Crippen molar-refractivity contribution >= 4 is 0 Å². The lowest BCUT2D eigenvalue weighted by Crippen LogP contribution is -2.26. The van der Waals surface area contributed by atoms with Crippen LogP contribution in [0.3, 0.4) is 0 Å². The molecular formula is C13H14N4. The highest BCUT2D eigenvalue weighted by Crippen LogP contribution is 2.25. The number of nitriles is 1. The molecule has 0 saturated heterocycles. The van der Waals surface area contributed by atoms with Gasteiger partial charge in [0.05, 0.1) is 18.0 Å². The highest BCUT2D eigenvalue weighted by Gasteiger charge is 2.27. The Labute approximate surface area is 101 Å². The summed E-state index contributed by atoms with van der Waals surface area (Å²) < 4.78 is 1.68. The van der Waals surface area contributed by atoms with Crippen LogP contribution in [0.15, 0.2) is 36.9 Å². The molecule has 17 heavy (non-hydrogen) atoms. The topological polar surface area (TPSA) is 54.5 Å². The Morgan fingerprint density at radius 2 is 2.06 bits per heavy atom. The van der Waals surface area contributed by atoms with Gasteiger partial charge < -0.3 is 0 Å². The third kappa shape index (κ3) is 2.34. The van der Waals surface area contributed by atoms with Gasteiger partial charge in [-0.05, 0) is 19.4 Å². The lowest BCUT2D eigenvalue weighted by Gasteiger charge is -2.21. The van der Waals surface area contributed by atoms with Gasteiger partial charge in [-0.25, -0.2) is 4.98 Å². The fraction of sp³-hybridized carbons (Fsp3) is 0.308. The molecule has 0 aliphatic rings. The lowest BCUT2D eigenvalue weighted by molar-refractivity contribution is 0.460. The van der Waals surface area contributed by atoms with Crippen LogP contribution in [-0.2, 0) is 12.0 Å². The number of nitrogens with zero attached hydrogens (tertiary/aromatic N) is 4. The Balaban J connectivity index is 2.31. The molecule has 0 amide bonds. The Hall–Kier alpha value is -2.15. The van der Waals surface area contributed by atoms with Crippen molar-refractivity contribution in [2.75, 3.05) is 0 Å². The van der Waals surface area contributed by atoms with E-state index in [0.29, 0.717) is 6.54 Å². The summed E-state index contributed by atoms with van der Waals surface area (Å²) in [6, 6.07) is 10.4. The van der Waals surface area contributed by atoms with E-state index < -0.39 is 5.41 Å². The SMILES string of the molecule is Cc1ccc(C(C)(C#N)Cn2cncn2)cc1. The van der Waals surface area contributed by atoms with Crippen LogP contribution in [0.1, 0.15) is 18.1 Å². The third-order valence-corrected chi connectivity index (χ3v) is 2.88. The summed E-state index contributed by atoms with van der Waals surface area (Å²) in [4.78, 5) is 3.89. The second-order valence-electron chi connectivity index (χ2n) is 4.40. The summed E-state index contributed by atoms with van der Waals surface area (Å²) in [6.07, 6.45) is 3.11. The molecule has 0 spiro atoms. The fourth-order valence-electron chi connectivity index (χ4n) is 1.75. The van der Waals surface area contributed by atoms with E-state index in [9.17, 15) is 5.26 Å². The zero-order valence-electron chi connectivity index (χ0n) is 9.96. The fourth-order valence-corrected chi connectivity index (χ4v) is 1.75. The summed E-state index contributed by atoms with van der Waals surface area (Å²) in [7, 11) is 0. The molecule has 1 aromatic carbocycles. The van der Waals surface area contributed by atoms with Crippen LogP contribution in [0, 0.1) is 18.3 Å². The van der Waals surface area contributed by atoms with Gasteiger partial charge in [0.15, 0.2) is 0 Å². The van der Waals surface area contributed by atoms with E-state index in [1.54, 1.807) is 11.0 Å². The smallest absolute Gasteiger partial charge is 0.137 e. The van der Waals surface area contributed by atoms with E-state index in [1.807, 2.05) is 38.1 Å². The Kier molecular flexibility index (Phi) is 2.92. The first-order valence-corrected chi connectivity index (χ1v) is 5.45. The van der Waals surface area contributed by atoms with Gasteiger partial charge in [-0.1, -0.05) is 29.8 Å². The first-order valence-electron chi connectivity index (χ1n) is 5.45. The number of benzene rings is 1.